The van der Waals surface area contributed by atoms with Crippen molar-refractivity contribution in [2.45, 2.75) is 12.5 Å². The van der Waals surface area contributed by atoms with Crippen LogP contribution in [0.15, 0.2) is 66.2 Å². The van der Waals surface area contributed by atoms with Crippen LogP contribution in [0.4, 0.5) is 0 Å². The van der Waals surface area contributed by atoms with Gasteiger partial charge in [-0.05, 0) is 35.7 Å². The van der Waals surface area contributed by atoms with E-state index < -0.39 is 6.04 Å². The first-order chi connectivity index (χ1) is 13.2. The van der Waals surface area contributed by atoms with E-state index in [-0.39, 0.29) is 5.91 Å². The molecule has 0 aliphatic carbocycles. The molecule has 0 aliphatic heterocycles. The van der Waals surface area contributed by atoms with E-state index in [4.69, 9.17) is 5.73 Å². The maximum Gasteiger partial charge on any atom is 0.257 e. The van der Waals surface area contributed by atoms with Gasteiger partial charge in [-0.15, -0.1) is 0 Å². The average Bonchev–Trinajstić information content (AvgIpc) is 3.11. The summed E-state index contributed by atoms with van der Waals surface area (Å²) in [6, 6.07) is 12.8. The van der Waals surface area contributed by atoms with Crippen molar-refractivity contribution >= 4 is 34.1 Å². The molecule has 0 unspecified atom stereocenters. The number of amides is 1. The van der Waals surface area contributed by atoms with E-state index >= 15 is 0 Å². The number of hydrogen-bond acceptors (Lipinski definition) is 5. The molecule has 0 aliphatic rings. The number of nitrogens with one attached hydrogen (secondary N) is 2. The molecule has 0 fully saturated rings. The van der Waals surface area contributed by atoms with Gasteiger partial charge in [0.05, 0.1) is 23.3 Å². The molecule has 4 N–H and O–H groups in total. The van der Waals surface area contributed by atoms with E-state index in [0.29, 0.717) is 6.42 Å². The highest BCUT2D eigenvalue weighted by Gasteiger charge is 2.15. The summed E-state index contributed by atoms with van der Waals surface area (Å²) in [4.78, 5) is 23.9. The summed E-state index contributed by atoms with van der Waals surface area (Å²) < 4.78 is 0. The fourth-order valence-electron chi connectivity index (χ4n) is 2.94. The molecular weight excluding hydrogens is 340 g/mol. The Morgan fingerprint density at radius 3 is 2.89 bits per heavy atom. The number of hydrazone groups is 1. The molecule has 4 aromatic rings. The molecule has 0 spiro atoms. The predicted molar refractivity (Wildman–Crippen MR) is 105 cm³/mol. The van der Waals surface area contributed by atoms with Crippen LogP contribution in [0.5, 0.6) is 0 Å². The molecule has 7 nitrogen and oxygen atoms in total. The number of carbonyl (C=O) groups excluding carboxylic acids is 1. The number of hydrogen-bond donors (Lipinski definition) is 3. The van der Waals surface area contributed by atoms with Crippen molar-refractivity contribution < 1.29 is 4.79 Å². The maximum absolute atomic E-state index is 12.2. The van der Waals surface area contributed by atoms with Gasteiger partial charge in [-0.2, -0.15) is 5.10 Å². The molecule has 0 bridgehead atoms. The van der Waals surface area contributed by atoms with E-state index in [2.05, 4.69) is 25.5 Å². The van der Waals surface area contributed by atoms with Crippen LogP contribution in [0.25, 0.3) is 21.9 Å². The maximum atomic E-state index is 12.2. The van der Waals surface area contributed by atoms with E-state index in [1.807, 2.05) is 48.7 Å². The van der Waals surface area contributed by atoms with Gasteiger partial charge in [0.1, 0.15) is 0 Å². The highest BCUT2D eigenvalue weighted by atomic mass is 16.2. The summed E-state index contributed by atoms with van der Waals surface area (Å²) in [7, 11) is 0. The molecule has 7 heteroatoms. The van der Waals surface area contributed by atoms with Crippen molar-refractivity contribution in [2.24, 2.45) is 10.8 Å². The second-order valence-electron chi connectivity index (χ2n) is 6.21. The first-order valence-electron chi connectivity index (χ1n) is 8.55. The Kier molecular flexibility index (Phi) is 4.59. The van der Waals surface area contributed by atoms with Gasteiger partial charge in [0, 0.05) is 29.5 Å². The summed E-state index contributed by atoms with van der Waals surface area (Å²) in [5.74, 6) is -0.336. The Morgan fingerprint density at radius 2 is 2.00 bits per heavy atom. The number of benzene rings is 2. The zero-order chi connectivity index (χ0) is 18.6. The summed E-state index contributed by atoms with van der Waals surface area (Å²) in [5, 5.41) is 5.07. The molecule has 2 heterocycles. The molecular formula is C20H18N6O. The lowest BCUT2D eigenvalue weighted by atomic mass is 10.1. The van der Waals surface area contributed by atoms with E-state index in [1.165, 1.54) is 0 Å². The summed E-state index contributed by atoms with van der Waals surface area (Å²) in [6.07, 6.45) is 7.15. The first kappa shape index (κ1) is 16.9. The van der Waals surface area contributed by atoms with Crippen LogP contribution >= 0.6 is 0 Å². The summed E-state index contributed by atoms with van der Waals surface area (Å²) >= 11 is 0. The Morgan fingerprint density at radius 1 is 1.19 bits per heavy atom. The number of rotatable bonds is 5. The molecule has 0 radical (unpaired) electrons. The Hall–Kier alpha value is -3.58. The number of aromatic amines is 1. The van der Waals surface area contributed by atoms with Crippen LogP contribution in [0.1, 0.15) is 11.1 Å². The average molecular weight is 358 g/mol. The number of fused-ring (bicyclic) bond motifs is 2. The third-order valence-electron chi connectivity index (χ3n) is 4.33. The number of para-hydroxylation sites is 1. The quantitative estimate of drug-likeness (QED) is 0.375. The van der Waals surface area contributed by atoms with E-state index in [0.717, 1.165) is 33.1 Å². The number of carbonyl (C=O) groups is 1. The molecule has 1 amide bonds. The number of nitrogens with two attached hydrogens (primary N) is 1. The lowest BCUT2D eigenvalue weighted by molar-refractivity contribution is -0.122. The SMILES string of the molecule is N[C@H](Cc1c[nH]c2ccccc12)C(=O)NN=Cc1ccc2nccnc2c1. The van der Waals surface area contributed by atoms with Gasteiger partial charge < -0.3 is 10.7 Å². The molecule has 27 heavy (non-hydrogen) atoms. The lowest BCUT2D eigenvalue weighted by Crippen LogP contribution is -2.39. The van der Waals surface area contributed by atoms with Crippen LogP contribution in [0, 0.1) is 0 Å². The molecule has 0 saturated heterocycles. The summed E-state index contributed by atoms with van der Waals surface area (Å²) in [6.45, 7) is 0. The topological polar surface area (TPSA) is 109 Å². The van der Waals surface area contributed by atoms with Crippen molar-refractivity contribution in [3.8, 4) is 0 Å². The van der Waals surface area contributed by atoms with Gasteiger partial charge in [-0.3, -0.25) is 14.8 Å². The van der Waals surface area contributed by atoms with Crippen molar-refractivity contribution in [2.75, 3.05) is 0 Å². The number of aromatic nitrogens is 3. The zero-order valence-electron chi connectivity index (χ0n) is 14.5. The van der Waals surface area contributed by atoms with E-state index in [9.17, 15) is 4.79 Å². The predicted octanol–water partition coefficient (Wildman–Crippen LogP) is 2.13. The lowest BCUT2D eigenvalue weighted by Gasteiger charge is -2.09. The monoisotopic (exact) mass is 358 g/mol. The van der Waals surface area contributed by atoms with Crippen LogP contribution in [-0.4, -0.2) is 33.1 Å². The van der Waals surface area contributed by atoms with Gasteiger partial charge in [0.2, 0.25) is 0 Å². The zero-order valence-corrected chi connectivity index (χ0v) is 14.5. The van der Waals surface area contributed by atoms with Crippen LogP contribution < -0.4 is 11.2 Å². The van der Waals surface area contributed by atoms with Gasteiger partial charge in [0.25, 0.3) is 5.91 Å². The third-order valence-corrected chi connectivity index (χ3v) is 4.33. The van der Waals surface area contributed by atoms with Gasteiger partial charge >= 0.3 is 0 Å². The molecule has 1 atom stereocenters. The number of H-pyrrole nitrogens is 1. The smallest absolute Gasteiger partial charge is 0.257 e. The van der Waals surface area contributed by atoms with Crippen molar-refractivity contribution in [3.05, 3.63) is 72.2 Å². The Bertz CT molecular complexity index is 1130. The second kappa shape index (κ2) is 7.35. The minimum atomic E-state index is -0.691. The minimum Gasteiger partial charge on any atom is -0.361 e. The van der Waals surface area contributed by atoms with Crippen LogP contribution in [0.2, 0.25) is 0 Å². The third kappa shape index (κ3) is 3.68. The van der Waals surface area contributed by atoms with Crippen LogP contribution in [0.3, 0.4) is 0 Å². The van der Waals surface area contributed by atoms with Crippen molar-refractivity contribution in [1.29, 1.82) is 0 Å². The Balaban J connectivity index is 1.39. The first-order valence-corrected chi connectivity index (χ1v) is 8.55. The fourth-order valence-corrected chi connectivity index (χ4v) is 2.94. The Labute approximate surface area is 155 Å². The van der Waals surface area contributed by atoms with Crippen molar-refractivity contribution in [1.82, 2.24) is 20.4 Å². The van der Waals surface area contributed by atoms with Gasteiger partial charge in [0.15, 0.2) is 0 Å². The molecule has 0 saturated carbocycles. The molecule has 2 aromatic carbocycles. The van der Waals surface area contributed by atoms with Crippen LogP contribution in [-0.2, 0) is 11.2 Å². The van der Waals surface area contributed by atoms with Crippen molar-refractivity contribution in [3.63, 3.8) is 0 Å². The van der Waals surface area contributed by atoms with E-state index in [1.54, 1.807) is 18.6 Å². The summed E-state index contributed by atoms with van der Waals surface area (Å²) in [5.41, 5.74) is 13.0. The molecule has 134 valence electrons. The standard InChI is InChI=1S/C20H18N6O/c21-16(10-14-12-24-17-4-2-1-3-15(14)17)20(27)26-25-11-13-5-6-18-19(9-13)23-8-7-22-18/h1-9,11-12,16,24H,10,21H2,(H,26,27)/t16-/m1/s1. The largest absolute Gasteiger partial charge is 0.361 e. The van der Waals surface area contributed by atoms with Gasteiger partial charge in [-0.25, -0.2) is 5.43 Å². The highest BCUT2D eigenvalue weighted by molar-refractivity contribution is 5.89. The minimum absolute atomic E-state index is 0.336. The normalized spacial score (nSPS) is 12.6. The highest BCUT2D eigenvalue weighted by Crippen LogP contribution is 2.18. The molecule has 2 aromatic heterocycles. The van der Waals surface area contributed by atoms with Gasteiger partial charge in [-0.1, -0.05) is 24.3 Å². The fraction of sp³-hybridized carbons (Fsp3) is 0.100. The second-order valence-corrected chi connectivity index (χ2v) is 6.21. The number of nitrogens with zero attached hydrogens (tertiary/aromatic N) is 3. The molecule has 4 rings (SSSR count).